The molecule has 1 amide bonds. The quantitative estimate of drug-likeness (QED) is 0.856. The first kappa shape index (κ1) is 19.7. The highest BCUT2D eigenvalue weighted by Crippen LogP contribution is 2.33. The first-order chi connectivity index (χ1) is 12.8. The number of hydrogen-bond acceptors (Lipinski definition) is 5. The summed E-state index contributed by atoms with van der Waals surface area (Å²) in [4.78, 5) is 18.4. The molecule has 0 saturated carbocycles. The number of nitrogens with zero attached hydrogens (tertiary/aromatic N) is 4. The van der Waals surface area contributed by atoms with Crippen LogP contribution in [0.25, 0.3) is 5.69 Å². The number of halogens is 3. The maximum absolute atomic E-state index is 13.1. The minimum Gasteiger partial charge on any atom is -0.323 e. The SMILES string of the molecule is CC1SCCN(CC(=O)Nc2cc(C(F)(F)F)ccc2-n2cncn2)C1C. The molecule has 2 heterocycles. The van der Waals surface area contributed by atoms with Crippen molar-refractivity contribution in [2.45, 2.75) is 31.3 Å². The van der Waals surface area contributed by atoms with Crippen LogP contribution in [-0.2, 0) is 11.0 Å². The van der Waals surface area contributed by atoms with Crippen molar-refractivity contribution in [3.8, 4) is 5.69 Å². The second-order valence-corrected chi connectivity index (χ2v) is 7.89. The van der Waals surface area contributed by atoms with Crippen molar-refractivity contribution in [1.82, 2.24) is 19.7 Å². The Labute approximate surface area is 159 Å². The van der Waals surface area contributed by atoms with Gasteiger partial charge < -0.3 is 5.32 Å². The largest absolute Gasteiger partial charge is 0.416 e. The molecule has 1 saturated heterocycles. The van der Waals surface area contributed by atoms with E-state index < -0.39 is 11.7 Å². The summed E-state index contributed by atoms with van der Waals surface area (Å²) in [7, 11) is 0. The number of carbonyl (C=O) groups is 1. The van der Waals surface area contributed by atoms with Crippen LogP contribution in [-0.4, -0.2) is 55.7 Å². The molecule has 146 valence electrons. The van der Waals surface area contributed by atoms with Gasteiger partial charge >= 0.3 is 6.18 Å². The van der Waals surface area contributed by atoms with Crippen molar-refractivity contribution in [2.24, 2.45) is 0 Å². The van der Waals surface area contributed by atoms with Crippen LogP contribution in [0.4, 0.5) is 18.9 Å². The van der Waals surface area contributed by atoms with Crippen LogP contribution in [0.2, 0.25) is 0 Å². The molecule has 2 atom stereocenters. The molecule has 1 fully saturated rings. The zero-order chi connectivity index (χ0) is 19.6. The number of rotatable bonds is 4. The zero-order valence-electron chi connectivity index (χ0n) is 14.9. The van der Waals surface area contributed by atoms with Crippen LogP contribution in [0.1, 0.15) is 19.4 Å². The topological polar surface area (TPSA) is 63.1 Å². The Hall–Kier alpha value is -2.07. The smallest absolute Gasteiger partial charge is 0.323 e. The lowest BCUT2D eigenvalue weighted by molar-refractivity contribution is -0.137. The number of thioether (sulfide) groups is 1. The Balaban J connectivity index is 1.82. The van der Waals surface area contributed by atoms with Gasteiger partial charge in [0.2, 0.25) is 5.91 Å². The second-order valence-electron chi connectivity index (χ2n) is 6.40. The molecule has 0 spiro atoms. The number of alkyl halides is 3. The predicted molar refractivity (Wildman–Crippen MR) is 97.9 cm³/mol. The Morgan fingerprint density at radius 1 is 1.37 bits per heavy atom. The van der Waals surface area contributed by atoms with Gasteiger partial charge in [-0.05, 0) is 25.1 Å². The third-order valence-corrected chi connectivity index (χ3v) is 5.96. The molecule has 3 rings (SSSR count). The van der Waals surface area contributed by atoms with E-state index in [0.717, 1.165) is 24.4 Å². The van der Waals surface area contributed by atoms with Crippen LogP contribution in [0.5, 0.6) is 0 Å². The zero-order valence-corrected chi connectivity index (χ0v) is 15.7. The Kier molecular flexibility index (Phi) is 5.75. The lowest BCUT2D eigenvalue weighted by atomic mass is 10.1. The van der Waals surface area contributed by atoms with Crippen LogP contribution < -0.4 is 5.32 Å². The van der Waals surface area contributed by atoms with E-state index in [4.69, 9.17) is 0 Å². The van der Waals surface area contributed by atoms with E-state index in [1.165, 1.54) is 23.4 Å². The average Bonchev–Trinajstić information content (AvgIpc) is 3.12. The number of anilines is 1. The summed E-state index contributed by atoms with van der Waals surface area (Å²) in [6.45, 7) is 5.05. The Bertz CT molecular complexity index is 796. The van der Waals surface area contributed by atoms with E-state index in [1.807, 2.05) is 16.7 Å². The predicted octanol–water partition coefficient (Wildman–Crippen LogP) is 3.05. The van der Waals surface area contributed by atoms with E-state index in [9.17, 15) is 18.0 Å². The molecule has 2 unspecified atom stereocenters. The van der Waals surface area contributed by atoms with Crippen LogP contribution in [0.3, 0.4) is 0 Å². The van der Waals surface area contributed by atoms with Gasteiger partial charge in [0.25, 0.3) is 0 Å². The fraction of sp³-hybridized carbons (Fsp3) is 0.471. The van der Waals surface area contributed by atoms with Gasteiger partial charge in [0.15, 0.2) is 0 Å². The number of nitrogens with one attached hydrogen (secondary N) is 1. The highest BCUT2D eigenvalue weighted by molar-refractivity contribution is 8.00. The normalized spacial score (nSPS) is 21.2. The van der Waals surface area contributed by atoms with Crippen molar-refractivity contribution in [3.05, 3.63) is 36.4 Å². The van der Waals surface area contributed by atoms with Gasteiger partial charge in [0.05, 0.1) is 23.5 Å². The van der Waals surface area contributed by atoms with Crippen LogP contribution in [0.15, 0.2) is 30.9 Å². The minimum atomic E-state index is -4.51. The molecular formula is C17H20F3N5OS. The molecule has 2 aromatic rings. The van der Waals surface area contributed by atoms with E-state index in [1.54, 1.807) is 0 Å². The number of amides is 1. The summed E-state index contributed by atoms with van der Waals surface area (Å²) in [5.41, 5.74) is -0.463. The third-order valence-electron chi connectivity index (χ3n) is 4.62. The van der Waals surface area contributed by atoms with Gasteiger partial charge in [0, 0.05) is 23.6 Å². The van der Waals surface area contributed by atoms with Crippen LogP contribution in [0, 0.1) is 0 Å². The van der Waals surface area contributed by atoms with Crippen molar-refractivity contribution in [3.63, 3.8) is 0 Å². The molecule has 1 aliphatic heterocycles. The number of aromatic nitrogens is 3. The van der Waals surface area contributed by atoms with Crippen molar-refractivity contribution < 1.29 is 18.0 Å². The Morgan fingerprint density at radius 2 is 2.15 bits per heavy atom. The van der Waals surface area contributed by atoms with E-state index in [0.29, 0.717) is 10.9 Å². The maximum atomic E-state index is 13.1. The summed E-state index contributed by atoms with van der Waals surface area (Å²) in [6.07, 6.45) is -1.87. The summed E-state index contributed by atoms with van der Waals surface area (Å²) >= 11 is 1.85. The molecule has 1 aliphatic rings. The molecule has 6 nitrogen and oxygen atoms in total. The van der Waals surface area contributed by atoms with Gasteiger partial charge in [-0.2, -0.15) is 30.0 Å². The maximum Gasteiger partial charge on any atom is 0.416 e. The van der Waals surface area contributed by atoms with Gasteiger partial charge in [-0.1, -0.05) is 6.92 Å². The highest BCUT2D eigenvalue weighted by Gasteiger charge is 2.32. The number of benzene rings is 1. The van der Waals surface area contributed by atoms with E-state index >= 15 is 0 Å². The molecular weight excluding hydrogens is 379 g/mol. The number of hydrogen-bond donors (Lipinski definition) is 1. The van der Waals surface area contributed by atoms with E-state index in [-0.39, 0.29) is 24.2 Å². The molecule has 27 heavy (non-hydrogen) atoms. The molecule has 0 bridgehead atoms. The monoisotopic (exact) mass is 399 g/mol. The minimum absolute atomic E-state index is 0.0485. The lowest BCUT2D eigenvalue weighted by Crippen LogP contribution is -2.47. The third kappa shape index (κ3) is 4.62. The first-order valence-electron chi connectivity index (χ1n) is 8.47. The number of carbonyl (C=O) groups excluding carboxylic acids is 1. The van der Waals surface area contributed by atoms with Crippen LogP contribution >= 0.6 is 11.8 Å². The summed E-state index contributed by atoms with van der Waals surface area (Å²) in [5.74, 6) is 0.564. The molecule has 1 aromatic heterocycles. The van der Waals surface area contributed by atoms with Gasteiger partial charge in [0.1, 0.15) is 12.7 Å². The lowest BCUT2D eigenvalue weighted by Gasteiger charge is -2.36. The van der Waals surface area contributed by atoms with Crippen molar-refractivity contribution >= 4 is 23.4 Å². The van der Waals surface area contributed by atoms with Crippen molar-refractivity contribution in [2.75, 3.05) is 24.2 Å². The molecule has 10 heteroatoms. The second kappa shape index (κ2) is 7.89. The van der Waals surface area contributed by atoms with Crippen molar-refractivity contribution in [1.29, 1.82) is 0 Å². The molecule has 1 aromatic carbocycles. The fourth-order valence-corrected chi connectivity index (χ4v) is 4.10. The first-order valence-corrected chi connectivity index (χ1v) is 9.52. The fourth-order valence-electron chi connectivity index (χ4n) is 2.94. The summed E-state index contributed by atoms with van der Waals surface area (Å²) in [5, 5.41) is 6.96. The molecule has 1 N–H and O–H groups in total. The molecule has 0 aliphatic carbocycles. The highest BCUT2D eigenvalue weighted by atomic mass is 32.2. The Morgan fingerprint density at radius 3 is 2.81 bits per heavy atom. The van der Waals surface area contributed by atoms with Gasteiger partial charge in [-0.3, -0.25) is 9.69 Å². The van der Waals surface area contributed by atoms with E-state index in [2.05, 4.69) is 29.2 Å². The summed E-state index contributed by atoms with van der Waals surface area (Å²) in [6, 6.07) is 3.37. The van der Waals surface area contributed by atoms with Gasteiger partial charge in [-0.15, -0.1) is 0 Å². The standard InChI is InChI=1S/C17H20F3N5OS/c1-11-12(2)27-6-5-24(11)8-16(26)23-14-7-13(17(18,19)20)3-4-15(14)25-10-21-9-22-25/h3-4,7,9-12H,5-6,8H2,1-2H3,(H,23,26). The summed E-state index contributed by atoms with van der Waals surface area (Å²) < 4.78 is 40.6. The molecule has 0 radical (unpaired) electrons. The van der Waals surface area contributed by atoms with Gasteiger partial charge in [-0.25, -0.2) is 9.67 Å². The average molecular weight is 399 g/mol.